The molecule has 0 aliphatic rings. The molecular formula is C19H19N3O4. The second-order valence-electron chi connectivity index (χ2n) is 6.21. The van der Waals surface area contributed by atoms with E-state index in [4.69, 9.17) is 0 Å². The number of nitrogens with one attached hydrogen (secondary N) is 1. The number of nitrogens with zero attached hydrogens (tertiary/aromatic N) is 2. The van der Waals surface area contributed by atoms with Crippen LogP contribution in [0.25, 0.3) is 11.0 Å². The number of H-pyrrole nitrogens is 1. The third-order valence-corrected chi connectivity index (χ3v) is 4.23. The van der Waals surface area contributed by atoms with E-state index in [2.05, 4.69) is 9.97 Å². The fraction of sp³-hybridized carbons (Fsp3) is 0.263. The Bertz CT molecular complexity index is 1110. The number of benzene rings is 1. The Morgan fingerprint density at radius 2 is 2.04 bits per heavy atom. The summed E-state index contributed by atoms with van der Waals surface area (Å²) in [5.41, 5.74) is 0.280. The summed E-state index contributed by atoms with van der Waals surface area (Å²) >= 11 is 0. The van der Waals surface area contributed by atoms with Crippen LogP contribution in [0.2, 0.25) is 0 Å². The predicted molar refractivity (Wildman–Crippen MR) is 97.8 cm³/mol. The maximum absolute atomic E-state index is 12.7. The number of pyridine rings is 1. The molecule has 0 unspecified atom stereocenters. The SMILES string of the molecule is CCCCn1c(=O)[nH]c(=O)c2cc(C(=O)c3cc(C)ccc3O)cnc21. The fourth-order valence-corrected chi connectivity index (χ4v) is 2.80. The second-order valence-corrected chi connectivity index (χ2v) is 6.21. The summed E-state index contributed by atoms with van der Waals surface area (Å²) in [4.78, 5) is 43.4. The van der Waals surface area contributed by atoms with Gasteiger partial charge in [0.05, 0.1) is 10.9 Å². The van der Waals surface area contributed by atoms with Crippen LogP contribution in [0.5, 0.6) is 5.75 Å². The first-order valence-electron chi connectivity index (χ1n) is 8.39. The van der Waals surface area contributed by atoms with Crippen LogP contribution in [0.4, 0.5) is 0 Å². The Morgan fingerprint density at radius 1 is 1.27 bits per heavy atom. The number of aromatic amines is 1. The quantitative estimate of drug-likeness (QED) is 0.684. The van der Waals surface area contributed by atoms with Gasteiger partial charge >= 0.3 is 5.69 Å². The lowest BCUT2D eigenvalue weighted by Gasteiger charge is -2.09. The number of carbonyl (C=O) groups excluding carboxylic acids is 1. The monoisotopic (exact) mass is 353 g/mol. The van der Waals surface area contributed by atoms with Gasteiger partial charge in [-0.05, 0) is 31.5 Å². The summed E-state index contributed by atoms with van der Waals surface area (Å²) in [6.07, 6.45) is 2.98. The molecule has 7 heteroatoms. The standard InChI is InChI=1S/C19H19N3O4/c1-3-4-7-22-17-14(18(25)21-19(22)26)9-12(10-20-17)16(24)13-8-11(2)5-6-15(13)23/h5-6,8-10,23H,3-4,7H2,1-2H3,(H,21,25,26). The molecule has 2 heterocycles. The summed E-state index contributed by atoms with van der Waals surface area (Å²) in [6, 6.07) is 6.13. The molecule has 0 spiro atoms. The number of phenolic OH excluding ortho intramolecular Hbond substituents is 1. The van der Waals surface area contributed by atoms with Gasteiger partial charge in [-0.1, -0.05) is 25.0 Å². The smallest absolute Gasteiger partial charge is 0.329 e. The molecule has 0 bridgehead atoms. The molecule has 0 saturated carbocycles. The van der Waals surface area contributed by atoms with Gasteiger partial charge in [0, 0.05) is 18.3 Å². The van der Waals surface area contributed by atoms with Gasteiger partial charge < -0.3 is 5.11 Å². The number of aryl methyl sites for hydroxylation is 2. The van der Waals surface area contributed by atoms with Gasteiger partial charge in [-0.25, -0.2) is 9.78 Å². The lowest BCUT2D eigenvalue weighted by Crippen LogP contribution is -2.31. The van der Waals surface area contributed by atoms with E-state index in [1.807, 2.05) is 13.8 Å². The molecule has 7 nitrogen and oxygen atoms in total. The largest absolute Gasteiger partial charge is 0.507 e. The van der Waals surface area contributed by atoms with Crippen molar-refractivity contribution in [3.05, 3.63) is 68.0 Å². The molecule has 0 aliphatic carbocycles. The fourth-order valence-electron chi connectivity index (χ4n) is 2.80. The van der Waals surface area contributed by atoms with E-state index in [9.17, 15) is 19.5 Å². The number of aromatic hydroxyl groups is 1. The van der Waals surface area contributed by atoms with Crippen molar-refractivity contribution < 1.29 is 9.90 Å². The molecule has 26 heavy (non-hydrogen) atoms. The van der Waals surface area contributed by atoms with Crippen molar-refractivity contribution in [3.63, 3.8) is 0 Å². The molecule has 134 valence electrons. The molecule has 0 fully saturated rings. The number of hydrogen-bond acceptors (Lipinski definition) is 5. The molecule has 2 aromatic heterocycles. The van der Waals surface area contributed by atoms with E-state index in [1.54, 1.807) is 12.1 Å². The summed E-state index contributed by atoms with van der Waals surface area (Å²) in [5.74, 6) is -0.575. The molecule has 3 aromatic rings. The minimum absolute atomic E-state index is 0.137. The Kier molecular flexibility index (Phi) is 4.71. The number of phenols is 1. The molecular weight excluding hydrogens is 334 g/mol. The third-order valence-electron chi connectivity index (χ3n) is 4.23. The van der Waals surface area contributed by atoms with Gasteiger partial charge in [-0.3, -0.25) is 19.1 Å². The Balaban J connectivity index is 2.15. The number of aromatic nitrogens is 3. The predicted octanol–water partition coefficient (Wildman–Crippen LogP) is 2.13. The minimum Gasteiger partial charge on any atom is -0.507 e. The Hall–Kier alpha value is -3.22. The maximum Gasteiger partial charge on any atom is 0.329 e. The summed E-state index contributed by atoms with van der Waals surface area (Å²) < 4.78 is 1.40. The van der Waals surface area contributed by atoms with Crippen molar-refractivity contribution in [1.82, 2.24) is 14.5 Å². The zero-order valence-corrected chi connectivity index (χ0v) is 14.6. The van der Waals surface area contributed by atoms with Crippen molar-refractivity contribution in [2.24, 2.45) is 0 Å². The average Bonchev–Trinajstić information content (AvgIpc) is 2.62. The van der Waals surface area contributed by atoms with E-state index in [-0.39, 0.29) is 27.9 Å². The average molecular weight is 353 g/mol. The van der Waals surface area contributed by atoms with Crippen LogP contribution in [0, 0.1) is 6.92 Å². The summed E-state index contributed by atoms with van der Waals surface area (Å²) in [5, 5.41) is 10.1. The minimum atomic E-state index is -0.589. The Morgan fingerprint density at radius 3 is 2.77 bits per heavy atom. The number of hydrogen-bond donors (Lipinski definition) is 2. The highest BCUT2D eigenvalue weighted by molar-refractivity contribution is 6.11. The van der Waals surface area contributed by atoms with E-state index >= 15 is 0 Å². The van der Waals surface area contributed by atoms with Crippen LogP contribution < -0.4 is 11.2 Å². The van der Waals surface area contributed by atoms with Crippen LogP contribution in [-0.2, 0) is 6.54 Å². The number of fused-ring (bicyclic) bond motifs is 1. The first-order valence-corrected chi connectivity index (χ1v) is 8.39. The molecule has 0 saturated heterocycles. The number of ketones is 1. The van der Waals surface area contributed by atoms with Crippen LogP contribution in [0.15, 0.2) is 40.1 Å². The first kappa shape index (κ1) is 17.6. The van der Waals surface area contributed by atoms with Crippen molar-refractivity contribution in [2.45, 2.75) is 33.2 Å². The van der Waals surface area contributed by atoms with Crippen LogP contribution in [0.3, 0.4) is 0 Å². The van der Waals surface area contributed by atoms with Gasteiger partial charge in [-0.2, -0.15) is 0 Å². The van der Waals surface area contributed by atoms with Gasteiger partial charge in [-0.15, -0.1) is 0 Å². The Labute approximate surface area is 149 Å². The van der Waals surface area contributed by atoms with Crippen molar-refractivity contribution in [3.8, 4) is 5.75 Å². The van der Waals surface area contributed by atoms with E-state index < -0.39 is 17.0 Å². The zero-order valence-electron chi connectivity index (χ0n) is 14.6. The molecule has 2 N–H and O–H groups in total. The van der Waals surface area contributed by atoms with E-state index in [1.165, 1.54) is 22.9 Å². The van der Waals surface area contributed by atoms with Crippen LogP contribution in [0.1, 0.15) is 41.3 Å². The van der Waals surface area contributed by atoms with Gasteiger partial charge in [0.1, 0.15) is 11.4 Å². The normalized spacial score (nSPS) is 11.0. The van der Waals surface area contributed by atoms with Crippen molar-refractivity contribution in [1.29, 1.82) is 0 Å². The number of carbonyl (C=O) groups is 1. The highest BCUT2D eigenvalue weighted by Gasteiger charge is 2.17. The van der Waals surface area contributed by atoms with Crippen LogP contribution >= 0.6 is 0 Å². The first-order chi connectivity index (χ1) is 12.4. The highest BCUT2D eigenvalue weighted by atomic mass is 16.3. The molecule has 3 rings (SSSR count). The topological polar surface area (TPSA) is 105 Å². The number of rotatable bonds is 5. The van der Waals surface area contributed by atoms with Gasteiger partial charge in [0.2, 0.25) is 0 Å². The highest BCUT2D eigenvalue weighted by Crippen LogP contribution is 2.22. The molecule has 0 radical (unpaired) electrons. The molecule has 0 amide bonds. The van der Waals surface area contributed by atoms with Crippen molar-refractivity contribution >= 4 is 16.8 Å². The van der Waals surface area contributed by atoms with Gasteiger partial charge in [0.25, 0.3) is 5.56 Å². The molecule has 1 aromatic carbocycles. The molecule has 0 aliphatic heterocycles. The summed E-state index contributed by atoms with van der Waals surface area (Å²) in [6.45, 7) is 4.24. The lowest BCUT2D eigenvalue weighted by molar-refractivity contribution is 0.103. The van der Waals surface area contributed by atoms with E-state index in [0.717, 1.165) is 18.4 Å². The summed E-state index contributed by atoms with van der Waals surface area (Å²) in [7, 11) is 0. The van der Waals surface area contributed by atoms with Gasteiger partial charge in [0.15, 0.2) is 5.78 Å². The second kappa shape index (κ2) is 6.95. The molecule has 0 atom stereocenters. The van der Waals surface area contributed by atoms with E-state index in [0.29, 0.717) is 6.54 Å². The maximum atomic E-state index is 12.7. The zero-order chi connectivity index (χ0) is 18.8. The number of unbranched alkanes of at least 4 members (excludes halogenated alkanes) is 1. The van der Waals surface area contributed by atoms with Crippen LogP contribution in [-0.4, -0.2) is 25.4 Å². The van der Waals surface area contributed by atoms with Crippen molar-refractivity contribution in [2.75, 3.05) is 0 Å². The third kappa shape index (κ3) is 3.15. The lowest BCUT2D eigenvalue weighted by atomic mass is 10.0.